The van der Waals surface area contributed by atoms with Crippen molar-refractivity contribution in [2.75, 3.05) is 0 Å². The van der Waals surface area contributed by atoms with Gasteiger partial charge in [0.05, 0.1) is 0 Å². The Hall–Kier alpha value is -2.27. The van der Waals surface area contributed by atoms with Crippen LogP contribution in [0.15, 0.2) is 60.7 Å². The first kappa shape index (κ1) is 13.2. The molecule has 19 heavy (non-hydrogen) atoms. The summed E-state index contributed by atoms with van der Waals surface area (Å²) in [6.07, 6.45) is 1.76. The average Bonchev–Trinajstić information content (AvgIpc) is 2.49. The Bertz CT molecular complexity index is 527. The first-order valence-corrected chi connectivity index (χ1v) is 6.54. The minimum atomic E-state index is -0.543. The Kier molecular flexibility index (Phi) is 4.20. The fraction of sp³-hybridized carbons (Fsp3) is 0.235. The molecule has 2 aromatic carbocycles. The number of nitrogens with zero attached hydrogens (tertiary/aromatic N) is 1. The quantitative estimate of drug-likeness (QED) is 0.729. The van der Waals surface area contributed by atoms with Crippen LogP contribution < -0.4 is 0 Å². The van der Waals surface area contributed by atoms with Gasteiger partial charge in [0.15, 0.2) is 5.41 Å². The molecule has 0 atom stereocenters. The summed E-state index contributed by atoms with van der Waals surface area (Å²) in [4.78, 5) is 0. The second-order valence-electron chi connectivity index (χ2n) is 4.59. The molecule has 2 rings (SSSR count). The molecule has 0 amide bonds. The molecule has 2 nitrogen and oxygen atoms in total. The second-order valence-corrected chi connectivity index (χ2v) is 4.59. The zero-order chi connectivity index (χ0) is 13.6. The summed E-state index contributed by atoms with van der Waals surface area (Å²) >= 11 is 0. The van der Waals surface area contributed by atoms with Gasteiger partial charge in [-0.3, -0.25) is 0 Å². The molecule has 0 saturated carbocycles. The molecule has 0 aliphatic rings. The van der Waals surface area contributed by atoms with Crippen molar-refractivity contribution in [3.63, 3.8) is 0 Å². The van der Waals surface area contributed by atoms with E-state index in [4.69, 9.17) is 0 Å². The standard InChI is InChI=1S/C17H17NO/c1-2-13-17(14-18-19,15-9-5-3-6-10-15)16-11-7-4-8-12-16/h3-12H,2,13H2,1H3. The predicted octanol–water partition coefficient (Wildman–Crippen LogP) is 4.60. The van der Waals surface area contributed by atoms with Gasteiger partial charge >= 0.3 is 6.07 Å². The van der Waals surface area contributed by atoms with E-state index < -0.39 is 5.41 Å². The topological polar surface area (TPSA) is 27.4 Å². The van der Waals surface area contributed by atoms with Crippen molar-refractivity contribution in [2.24, 2.45) is 0 Å². The maximum Gasteiger partial charge on any atom is 0.314 e. The van der Waals surface area contributed by atoms with Gasteiger partial charge in [-0.15, -0.1) is 0 Å². The monoisotopic (exact) mass is 251 g/mol. The lowest BCUT2D eigenvalue weighted by Crippen LogP contribution is -2.25. The lowest BCUT2D eigenvalue weighted by molar-refractivity contribution is 0.588. The Morgan fingerprint density at radius 3 is 1.79 bits per heavy atom. The molecule has 0 aromatic heterocycles. The van der Waals surface area contributed by atoms with Crippen molar-refractivity contribution < 1.29 is 0 Å². The van der Waals surface area contributed by atoms with E-state index in [1.165, 1.54) is 0 Å². The third-order valence-electron chi connectivity index (χ3n) is 3.39. The molecule has 0 heterocycles. The van der Waals surface area contributed by atoms with Crippen LogP contribution in [0.2, 0.25) is 0 Å². The van der Waals surface area contributed by atoms with Crippen LogP contribution in [-0.2, 0) is 5.41 Å². The normalized spacial score (nSPS) is 10.6. The Morgan fingerprint density at radius 2 is 1.42 bits per heavy atom. The molecule has 0 radical (unpaired) electrons. The van der Waals surface area contributed by atoms with Crippen LogP contribution >= 0.6 is 0 Å². The predicted molar refractivity (Wildman–Crippen MR) is 79.2 cm³/mol. The van der Waals surface area contributed by atoms with Crippen molar-refractivity contribution in [3.05, 3.63) is 82.0 Å². The van der Waals surface area contributed by atoms with Gasteiger partial charge in [-0.05, 0) is 17.5 Å². The molecular weight excluding hydrogens is 234 g/mol. The van der Waals surface area contributed by atoms with Crippen molar-refractivity contribution >= 4 is 0 Å². The molecule has 0 aliphatic carbocycles. The molecule has 0 unspecified atom stereocenters. The largest absolute Gasteiger partial charge is 0.498 e. The third-order valence-corrected chi connectivity index (χ3v) is 3.39. The summed E-state index contributed by atoms with van der Waals surface area (Å²) in [5.41, 5.74) is 1.57. The van der Waals surface area contributed by atoms with Crippen molar-refractivity contribution in [2.45, 2.75) is 25.2 Å². The highest BCUT2D eigenvalue weighted by atomic mass is 16.4. The minimum absolute atomic E-state index is 0.543. The summed E-state index contributed by atoms with van der Waals surface area (Å²) in [7, 11) is 0. The second kappa shape index (κ2) is 6.06. The SMILES string of the molecule is CCCC(C#[N+][O-])(c1ccccc1)c1ccccc1. The maximum atomic E-state index is 10.9. The van der Waals surface area contributed by atoms with E-state index in [2.05, 4.69) is 18.0 Å². The molecule has 0 bridgehead atoms. The number of benzene rings is 2. The summed E-state index contributed by atoms with van der Waals surface area (Å²) < 4.78 is 0. The highest BCUT2D eigenvalue weighted by molar-refractivity contribution is 5.46. The summed E-state index contributed by atoms with van der Waals surface area (Å²) in [5, 5.41) is 13.9. The lowest BCUT2D eigenvalue weighted by atomic mass is 9.72. The highest BCUT2D eigenvalue weighted by Gasteiger charge is 2.37. The van der Waals surface area contributed by atoms with E-state index in [9.17, 15) is 5.21 Å². The Labute approximate surface area is 114 Å². The first-order valence-electron chi connectivity index (χ1n) is 6.54. The van der Waals surface area contributed by atoms with E-state index in [-0.39, 0.29) is 0 Å². The fourth-order valence-electron chi connectivity index (χ4n) is 2.54. The van der Waals surface area contributed by atoms with Gasteiger partial charge in [-0.2, -0.15) is 0 Å². The molecular formula is C17H17NO. The molecule has 0 spiro atoms. The number of rotatable bonds is 4. The van der Waals surface area contributed by atoms with Gasteiger partial charge in [0.1, 0.15) is 0 Å². The maximum absolute atomic E-state index is 10.9. The average molecular weight is 251 g/mol. The Morgan fingerprint density at radius 1 is 0.947 bits per heavy atom. The van der Waals surface area contributed by atoms with Gasteiger partial charge in [0.25, 0.3) is 0 Å². The summed E-state index contributed by atoms with van der Waals surface area (Å²) in [6.45, 7) is 2.10. The van der Waals surface area contributed by atoms with E-state index in [0.29, 0.717) is 0 Å². The van der Waals surface area contributed by atoms with E-state index >= 15 is 0 Å². The minimum Gasteiger partial charge on any atom is -0.498 e. The molecule has 2 heteroatoms. The van der Waals surface area contributed by atoms with Crippen LogP contribution in [0, 0.1) is 11.3 Å². The number of hydrogen-bond acceptors (Lipinski definition) is 1. The third kappa shape index (κ3) is 2.61. The first-order chi connectivity index (χ1) is 9.33. The van der Waals surface area contributed by atoms with Gasteiger partial charge in [0, 0.05) is 5.01 Å². The Balaban J connectivity index is 2.63. The van der Waals surface area contributed by atoms with Gasteiger partial charge in [-0.1, -0.05) is 74.0 Å². The van der Waals surface area contributed by atoms with Crippen LogP contribution in [0.25, 0.3) is 5.01 Å². The summed E-state index contributed by atoms with van der Waals surface area (Å²) in [6, 6.07) is 22.8. The van der Waals surface area contributed by atoms with Crippen molar-refractivity contribution in [1.82, 2.24) is 0 Å². The zero-order valence-corrected chi connectivity index (χ0v) is 11.0. The van der Waals surface area contributed by atoms with Gasteiger partial charge < -0.3 is 5.21 Å². The van der Waals surface area contributed by atoms with Crippen LogP contribution in [0.1, 0.15) is 30.9 Å². The molecule has 96 valence electrons. The smallest absolute Gasteiger partial charge is 0.314 e. The summed E-state index contributed by atoms with van der Waals surface area (Å²) in [5.74, 6) is 0. The fourth-order valence-corrected chi connectivity index (χ4v) is 2.54. The van der Waals surface area contributed by atoms with Crippen LogP contribution in [0.5, 0.6) is 0 Å². The zero-order valence-electron chi connectivity index (χ0n) is 11.0. The highest BCUT2D eigenvalue weighted by Crippen LogP contribution is 2.36. The van der Waals surface area contributed by atoms with Crippen LogP contribution in [0.3, 0.4) is 0 Å². The lowest BCUT2D eigenvalue weighted by Gasteiger charge is -2.24. The van der Waals surface area contributed by atoms with E-state index in [1.54, 1.807) is 0 Å². The van der Waals surface area contributed by atoms with E-state index in [1.807, 2.05) is 60.7 Å². The molecule has 0 N–H and O–H groups in total. The van der Waals surface area contributed by atoms with Gasteiger partial charge in [-0.25, -0.2) is 0 Å². The van der Waals surface area contributed by atoms with E-state index in [0.717, 1.165) is 24.0 Å². The van der Waals surface area contributed by atoms with Crippen molar-refractivity contribution in [3.8, 4) is 6.07 Å². The molecule has 0 aliphatic heterocycles. The van der Waals surface area contributed by atoms with Crippen LogP contribution in [0.4, 0.5) is 0 Å². The van der Waals surface area contributed by atoms with Gasteiger partial charge in [0.2, 0.25) is 0 Å². The van der Waals surface area contributed by atoms with Crippen LogP contribution in [-0.4, -0.2) is 0 Å². The molecule has 0 saturated heterocycles. The number of hydrogen-bond donors (Lipinski definition) is 0. The van der Waals surface area contributed by atoms with Crippen molar-refractivity contribution in [1.29, 1.82) is 0 Å². The molecule has 2 aromatic rings. The molecule has 0 fully saturated rings.